The average molecular weight is 351 g/mol. The van der Waals surface area contributed by atoms with Gasteiger partial charge in [0.05, 0.1) is 22.2 Å². The molecule has 0 aromatic carbocycles. The summed E-state index contributed by atoms with van der Waals surface area (Å²) in [6, 6.07) is 0. The highest BCUT2D eigenvalue weighted by atomic mass is 32.1. The van der Waals surface area contributed by atoms with Gasteiger partial charge in [0, 0.05) is 26.6 Å². The summed E-state index contributed by atoms with van der Waals surface area (Å²) < 4.78 is 0. The van der Waals surface area contributed by atoms with E-state index in [9.17, 15) is 19.5 Å². The van der Waals surface area contributed by atoms with E-state index in [4.69, 9.17) is 0 Å². The molecule has 2 fully saturated rings. The van der Waals surface area contributed by atoms with Crippen molar-refractivity contribution in [2.75, 3.05) is 20.1 Å². The van der Waals surface area contributed by atoms with Crippen molar-refractivity contribution in [2.24, 2.45) is 5.92 Å². The van der Waals surface area contributed by atoms with Gasteiger partial charge in [-0.15, -0.1) is 11.3 Å². The summed E-state index contributed by atoms with van der Waals surface area (Å²) in [7, 11) is 1.68. The van der Waals surface area contributed by atoms with E-state index in [2.05, 4.69) is 4.98 Å². The van der Waals surface area contributed by atoms with Crippen molar-refractivity contribution in [1.29, 1.82) is 0 Å². The van der Waals surface area contributed by atoms with E-state index >= 15 is 0 Å². The molecule has 1 aromatic heterocycles. The molecule has 24 heavy (non-hydrogen) atoms. The number of carbonyl (C=O) groups excluding carboxylic acids is 2. The molecule has 1 spiro atoms. The van der Waals surface area contributed by atoms with Gasteiger partial charge >= 0.3 is 5.97 Å². The maximum absolute atomic E-state index is 12.7. The van der Waals surface area contributed by atoms with Crippen LogP contribution in [0.2, 0.25) is 0 Å². The fourth-order valence-corrected chi connectivity index (χ4v) is 4.84. The smallest absolute Gasteiger partial charge is 0.309 e. The fourth-order valence-electron chi connectivity index (χ4n) is 3.96. The zero-order valence-corrected chi connectivity index (χ0v) is 14.9. The molecule has 7 nitrogen and oxygen atoms in total. The first-order valence-corrected chi connectivity index (χ1v) is 8.80. The first-order chi connectivity index (χ1) is 11.3. The molecule has 1 unspecified atom stereocenters. The van der Waals surface area contributed by atoms with Crippen molar-refractivity contribution < 1.29 is 19.5 Å². The lowest BCUT2D eigenvalue weighted by Crippen LogP contribution is -2.56. The van der Waals surface area contributed by atoms with Gasteiger partial charge in [-0.25, -0.2) is 4.98 Å². The molecule has 130 valence electrons. The highest BCUT2D eigenvalue weighted by molar-refractivity contribution is 7.13. The number of rotatable bonds is 2. The van der Waals surface area contributed by atoms with E-state index in [0.717, 1.165) is 10.7 Å². The number of hydrogen-bond donors (Lipinski definition) is 1. The summed E-state index contributed by atoms with van der Waals surface area (Å²) in [4.78, 5) is 44.6. The standard InChI is InChI=1S/C16H21N3O4S/c1-9-13(24-10(2)17-9)14(21)19-6-4-16(5-7-19)11(15(22)23)8-12(20)18(16)3/h11H,4-8H2,1-3H3,(H,22,23). The van der Waals surface area contributed by atoms with Gasteiger partial charge in [-0.3, -0.25) is 14.4 Å². The molecule has 1 atom stereocenters. The summed E-state index contributed by atoms with van der Waals surface area (Å²) in [6.07, 6.45) is 1.04. The number of piperidine rings is 1. The van der Waals surface area contributed by atoms with Crippen molar-refractivity contribution >= 4 is 29.1 Å². The Balaban J connectivity index is 1.77. The highest BCUT2D eigenvalue weighted by Gasteiger charge is 2.55. The van der Waals surface area contributed by atoms with Gasteiger partial charge in [0.2, 0.25) is 5.91 Å². The molecule has 3 heterocycles. The Morgan fingerprint density at radius 2 is 1.92 bits per heavy atom. The number of aromatic nitrogens is 1. The van der Waals surface area contributed by atoms with Gasteiger partial charge in [0.25, 0.3) is 5.91 Å². The Labute approximate surface area is 144 Å². The summed E-state index contributed by atoms with van der Waals surface area (Å²) in [5.41, 5.74) is 0.0672. The minimum atomic E-state index is -0.929. The lowest BCUT2D eigenvalue weighted by atomic mass is 9.77. The molecule has 0 bridgehead atoms. The maximum Gasteiger partial charge on any atom is 0.309 e. The van der Waals surface area contributed by atoms with Crippen molar-refractivity contribution in [3.63, 3.8) is 0 Å². The number of nitrogens with zero attached hydrogens (tertiary/aromatic N) is 3. The second-order valence-corrected chi connectivity index (χ2v) is 7.79. The average Bonchev–Trinajstić information content (AvgIpc) is 2.99. The van der Waals surface area contributed by atoms with Crippen LogP contribution in [0.1, 0.15) is 39.6 Å². The predicted molar refractivity (Wildman–Crippen MR) is 88.0 cm³/mol. The molecule has 1 N–H and O–H groups in total. The predicted octanol–water partition coefficient (Wildman–Crippen LogP) is 1.30. The van der Waals surface area contributed by atoms with Gasteiger partial charge in [0.15, 0.2) is 0 Å². The van der Waals surface area contributed by atoms with Crippen LogP contribution in [0.3, 0.4) is 0 Å². The zero-order valence-electron chi connectivity index (χ0n) is 14.0. The molecule has 1 aromatic rings. The number of carboxylic acids is 1. The minimum absolute atomic E-state index is 0.0485. The van der Waals surface area contributed by atoms with Crippen molar-refractivity contribution in [3.8, 4) is 0 Å². The Morgan fingerprint density at radius 1 is 1.29 bits per heavy atom. The third-order valence-corrected chi connectivity index (χ3v) is 6.44. The monoisotopic (exact) mass is 351 g/mol. The number of aliphatic carboxylic acids is 1. The quantitative estimate of drug-likeness (QED) is 0.867. The lowest BCUT2D eigenvalue weighted by molar-refractivity contribution is -0.145. The van der Waals surface area contributed by atoms with Gasteiger partial charge in [0.1, 0.15) is 4.88 Å². The van der Waals surface area contributed by atoms with Crippen LogP contribution in [0.15, 0.2) is 0 Å². The van der Waals surface area contributed by atoms with Crippen LogP contribution < -0.4 is 0 Å². The van der Waals surface area contributed by atoms with E-state index in [1.54, 1.807) is 16.8 Å². The van der Waals surface area contributed by atoms with Crippen LogP contribution in [0.5, 0.6) is 0 Å². The van der Waals surface area contributed by atoms with Gasteiger partial charge in [-0.2, -0.15) is 0 Å². The molecular formula is C16H21N3O4S. The number of thiazole rings is 1. The van der Waals surface area contributed by atoms with Crippen molar-refractivity contribution in [1.82, 2.24) is 14.8 Å². The number of carboxylic acid groups (broad SMARTS) is 1. The van der Waals surface area contributed by atoms with Gasteiger partial charge < -0.3 is 14.9 Å². The van der Waals surface area contributed by atoms with Gasteiger partial charge in [-0.1, -0.05) is 0 Å². The molecule has 0 radical (unpaired) electrons. The van der Waals surface area contributed by atoms with Crippen LogP contribution >= 0.6 is 11.3 Å². The molecule has 0 aliphatic carbocycles. The summed E-state index contributed by atoms with van der Waals surface area (Å²) in [5.74, 6) is -1.80. The summed E-state index contributed by atoms with van der Waals surface area (Å²) >= 11 is 1.39. The number of amides is 2. The molecule has 8 heteroatoms. The summed E-state index contributed by atoms with van der Waals surface area (Å²) in [6.45, 7) is 4.61. The molecule has 0 saturated carbocycles. The topological polar surface area (TPSA) is 90.8 Å². The Kier molecular flexibility index (Phi) is 4.11. The van der Waals surface area contributed by atoms with E-state index < -0.39 is 17.4 Å². The Bertz CT molecular complexity index is 706. The van der Waals surface area contributed by atoms with E-state index in [-0.39, 0.29) is 18.2 Å². The molecule has 2 amide bonds. The first-order valence-electron chi connectivity index (χ1n) is 7.99. The molecular weight excluding hydrogens is 330 g/mol. The molecule has 2 saturated heterocycles. The SMILES string of the molecule is Cc1nc(C)c(C(=O)N2CCC3(CC2)C(C(=O)O)CC(=O)N3C)s1. The second kappa shape index (κ2) is 5.84. The third-order valence-electron chi connectivity index (χ3n) is 5.38. The largest absolute Gasteiger partial charge is 0.481 e. The maximum atomic E-state index is 12.7. The molecule has 2 aliphatic heterocycles. The number of carbonyl (C=O) groups is 3. The Morgan fingerprint density at radius 3 is 2.42 bits per heavy atom. The number of aryl methyl sites for hydroxylation is 2. The second-order valence-electron chi connectivity index (χ2n) is 6.59. The van der Waals surface area contributed by atoms with E-state index in [1.165, 1.54) is 11.3 Å². The fraction of sp³-hybridized carbons (Fsp3) is 0.625. The number of hydrogen-bond acceptors (Lipinski definition) is 5. The van der Waals surface area contributed by atoms with Gasteiger partial charge in [-0.05, 0) is 26.7 Å². The van der Waals surface area contributed by atoms with Crippen molar-refractivity contribution in [3.05, 3.63) is 15.6 Å². The Hall–Kier alpha value is -1.96. The number of likely N-dealkylation sites (tertiary alicyclic amines) is 2. The van der Waals surface area contributed by atoms with Crippen LogP contribution in [-0.2, 0) is 9.59 Å². The van der Waals surface area contributed by atoms with E-state index in [1.807, 2.05) is 13.8 Å². The van der Waals surface area contributed by atoms with Crippen LogP contribution in [-0.4, -0.2) is 63.4 Å². The van der Waals surface area contributed by atoms with Crippen LogP contribution in [0.25, 0.3) is 0 Å². The highest BCUT2D eigenvalue weighted by Crippen LogP contribution is 2.43. The van der Waals surface area contributed by atoms with E-state index in [0.29, 0.717) is 30.8 Å². The zero-order chi connectivity index (χ0) is 17.6. The molecule has 2 aliphatic rings. The van der Waals surface area contributed by atoms with Crippen molar-refractivity contribution in [2.45, 2.75) is 38.6 Å². The minimum Gasteiger partial charge on any atom is -0.481 e. The lowest BCUT2D eigenvalue weighted by Gasteiger charge is -2.45. The normalized spacial score (nSPS) is 23.1. The first kappa shape index (κ1) is 16.9. The van der Waals surface area contributed by atoms with Crippen LogP contribution in [0.4, 0.5) is 0 Å². The molecule has 3 rings (SSSR count). The third kappa shape index (κ3) is 2.49. The van der Waals surface area contributed by atoms with Crippen LogP contribution in [0, 0.1) is 19.8 Å². The summed E-state index contributed by atoms with van der Waals surface area (Å²) in [5, 5.41) is 10.4.